The van der Waals surface area contributed by atoms with Gasteiger partial charge in [-0.1, -0.05) is 53.7 Å². The number of carbonyl (C=O) groups is 1. The number of para-hydroxylation sites is 1. The molecule has 0 spiro atoms. The first kappa shape index (κ1) is 19.0. The number of rotatable bonds is 5. The molecule has 4 rings (SSSR count). The van der Waals surface area contributed by atoms with E-state index in [1.54, 1.807) is 30.5 Å². The van der Waals surface area contributed by atoms with E-state index in [2.05, 4.69) is 15.0 Å². The summed E-state index contributed by atoms with van der Waals surface area (Å²) in [6.45, 7) is 0. The highest BCUT2D eigenvalue weighted by Gasteiger charge is 2.16. The maximum atomic E-state index is 12.7. The zero-order valence-electron chi connectivity index (χ0n) is 14.9. The summed E-state index contributed by atoms with van der Waals surface area (Å²) in [5, 5.41) is 11.0. The molecule has 0 aliphatic rings. The van der Waals surface area contributed by atoms with Gasteiger partial charge in [-0.25, -0.2) is 4.98 Å². The van der Waals surface area contributed by atoms with E-state index < -0.39 is 5.56 Å². The fraction of sp³-hybridized carbons (Fsp3) is 0.0476. The van der Waals surface area contributed by atoms with Gasteiger partial charge in [-0.15, -0.1) is 0 Å². The van der Waals surface area contributed by atoms with Crippen molar-refractivity contribution >= 4 is 40.0 Å². The van der Waals surface area contributed by atoms with Crippen molar-refractivity contribution in [2.24, 2.45) is 0 Å². The number of hydrogen-bond acceptors (Lipinski definition) is 5. The van der Waals surface area contributed by atoms with Crippen molar-refractivity contribution in [3.05, 3.63) is 81.2 Å². The molecule has 0 fully saturated rings. The largest absolute Gasteiger partial charge is 0.360 e. The van der Waals surface area contributed by atoms with E-state index in [9.17, 15) is 14.9 Å². The molecule has 0 bridgehead atoms. The molecular weight excluding hydrogens is 408 g/mol. The topological polar surface area (TPSA) is 102 Å². The quantitative estimate of drug-likeness (QED) is 0.282. The fourth-order valence-electron chi connectivity index (χ4n) is 2.96. The maximum absolute atomic E-state index is 12.7. The summed E-state index contributed by atoms with van der Waals surface area (Å²) in [6, 6.07) is 16.1. The van der Waals surface area contributed by atoms with Gasteiger partial charge in [-0.05, 0) is 18.2 Å². The number of ketones is 1. The van der Waals surface area contributed by atoms with Crippen LogP contribution in [0.25, 0.3) is 22.2 Å². The third kappa shape index (κ3) is 3.81. The highest BCUT2D eigenvalue weighted by molar-refractivity contribution is 7.99. The molecule has 0 saturated heterocycles. The van der Waals surface area contributed by atoms with Crippen LogP contribution in [0, 0.1) is 11.3 Å². The number of thioether (sulfide) groups is 1. The lowest BCUT2D eigenvalue weighted by molar-refractivity contribution is 0.102. The molecule has 2 heterocycles. The van der Waals surface area contributed by atoms with Gasteiger partial charge < -0.3 is 9.97 Å². The average Bonchev–Trinajstić information content (AvgIpc) is 3.16. The summed E-state index contributed by atoms with van der Waals surface area (Å²) in [7, 11) is 0. The average molecular weight is 421 g/mol. The highest BCUT2D eigenvalue weighted by Crippen LogP contribution is 2.25. The molecule has 0 aliphatic carbocycles. The number of carbonyl (C=O) groups excluding carboxylic acids is 1. The lowest BCUT2D eigenvalue weighted by Crippen LogP contribution is -2.15. The second-order valence-electron chi connectivity index (χ2n) is 6.17. The molecule has 2 aromatic heterocycles. The number of H-pyrrole nitrogens is 2. The Hall–Kier alpha value is -3.34. The zero-order chi connectivity index (χ0) is 20.4. The number of fused-ring (bicyclic) bond motifs is 1. The molecule has 8 heteroatoms. The molecule has 29 heavy (non-hydrogen) atoms. The van der Waals surface area contributed by atoms with Crippen molar-refractivity contribution in [2.45, 2.75) is 5.16 Å². The van der Waals surface area contributed by atoms with Gasteiger partial charge in [-0.2, -0.15) is 5.26 Å². The molecule has 0 amide bonds. The van der Waals surface area contributed by atoms with Crippen LogP contribution in [-0.2, 0) is 0 Å². The highest BCUT2D eigenvalue weighted by atomic mass is 35.5. The predicted octanol–water partition coefficient (Wildman–Crippen LogP) is 4.42. The van der Waals surface area contributed by atoms with Crippen molar-refractivity contribution in [2.75, 3.05) is 5.75 Å². The minimum atomic E-state index is -0.547. The molecule has 2 aromatic carbocycles. The lowest BCUT2D eigenvalue weighted by atomic mass is 10.1. The van der Waals surface area contributed by atoms with Crippen LogP contribution in [-0.4, -0.2) is 26.5 Å². The van der Waals surface area contributed by atoms with Gasteiger partial charge in [-0.3, -0.25) is 9.59 Å². The van der Waals surface area contributed by atoms with Crippen LogP contribution in [0.1, 0.15) is 15.9 Å². The van der Waals surface area contributed by atoms with Gasteiger partial charge in [0, 0.05) is 33.2 Å². The van der Waals surface area contributed by atoms with Crippen molar-refractivity contribution in [1.82, 2.24) is 15.0 Å². The molecule has 6 nitrogen and oxygen atoms in total. The van der Waals surface area contributed by atoms with Gasteiger partial charge in [0.05, 0.1) is 11.4 Å². The Kier molecular flexibility index (Phi) is 5.21. The summed E-state index contributed by atoms with van der Waals surface area (Å²) in [4.78, 5) is 35.1. The van der Waals surface area contributed by atoms with Gasteiger partial charge >= 0.3 is 0 Å². The Labute approximate surface area is 174 Å². The number of nitrogens with one attached hydrogen (secondary N) is 2. The number of halogens is 1. The van der Waals surface area contributed by atoms with Crippen LogP contribution in [0.15, 0.2) is 64.7 Å². The summed E-state index contributed by atoms with van der Waals surface area (Å²) in [5.41, 5.74) is 1.70. The lowest BCUT2D eigenvalue weighted by Gasteiger charge is -2.06. The fourth-order valence-corrected chi connectivity index (χ4v) is 3.83. The summed E-state index contributed by atoms with van der Waals surface area (Å²) in [5.74, 6) is 0.00372. The Bertz CT molecular complexity index is 1320. The van der Waals surface area contributed by atoms with E-state index in [-0.39, 0.29) is 27.9 Å². The number of nitriles is 1. The Morgan fingerprint density at radius 1 is 1.17 bits per heavy atom. The summed E-state index contributed by atoms with van der Waals surface area (Å²) < 4.78 is 0. The molecule has 0 aliphatic heterocycles. The third-order valence-corrected chi connectivity index (χ3v) is 5.48. The SMILES string of the molecule is N#Cc1c(-c2ccc(Cl)cc2)nc(SCC(=O)c2c[nH]c3ccccc23)[nH]c1=O. The molecule has 2 N–H and O–H groups in total. The van der Waals surface area contributed by atoms with E-state index in [0.29, 0.717) is 16.1 Å². The molecular formula is C21H13ClN4O2S. The maximum Gasteiger partial charge on any atom is 0.270 e. The monoisotopic (exact) mass is 420 g/mol. The first-order valence-corrected chi connectivity index (χ1v) is 9.95. The number of aromatic nitrogens is 3. The van der Waals surface area contributed by atoms with E-state index in [4.69, 9.17) is 11.6 Å². The molecule has 0 saturated carbocycles. The van der Waals surface area contributed by atoms with Crippen molar-refractivity contribution in [3.63, 3.8) is 0 Å². The van der Waals surface area contributed by atoms with E-state index >= 15 is 0 Å². The Balaban J connectivity index is 1.62. The Morgan fingerprint density at radius 2 is 1.93 bits per heavy atom. The van der Waals surface area contributed by atoms with Crippen LogP contribution in [0.5, 0.6) is 0 Å². The summed E-state index contributed by atoms with van der Waals surface area (Å²) >= 11 is 7.03. The molecule has 4 aromatic rings. The van der Waals surface area contributed by atoms with E-state index in [0.717, 1.165) is 22.7 Å². The number of aromatic amines is 2. The first-order chi connectivity index (χ1) is 14.1. The molecule has 0 radical (unpaired) electrons. The minimum absolute atomic E-state index is 0.0837. The molecule has 0 unspecified atom stereocenters. The Morgan fingerprint density at radius 3 is 2.69 bits per heavy atom. The van der Waals surface area contributed by atoms with Gasteiger partial charge in [0.2, 0.25) is 0 Å². The predicted molar refractivity (Wildman–Crippen MR) is 113 cm³/mol. The normalized spacial score (nSPS) is 10.8. The number of Topliss-reactive ketones (excluding diaryl/α,β-unsaturated/α-hetero) is 1. The number of nitrogens with zero attached hydrogens (tertiary/aromatic N) is 2. The van der Waals surface area contributed by atoms with Crippen molar-refractivity contribution < 1.29 is 4.79 Å². The van der Waals surface area contributed by atoms with Crippen molar-refractivity contribution in [1.29, 1.82) is 5.26 Å². The number of benzene rings is 2. The summed E-state index contributed by atoms with van der Waals surface area (Å²) in [6.07, 6.45) is 1.68. The first-order valence-electron chi connectivity index (χ1n) is 8.59. The molecule has 0 atom stereocenters. The smallest absolute Gasteiger partial charge is 0.270 e. The van der Waals surface area contributed by atoms with Crippen LogP contribution >= 0.6 is 23.4 Å². The van der Waals surface area contributed by atoms with Crippen LogP contribution in [0.4, 0.5) is 0 Å². The van der Waals surface area contributed by atoms with Crippen molar-refractivity contribution in [3.8, 4) is 17.3 Å². The molecule has 142 valence electrons. The second-order valence-corrected chi connectivity index (χ2v) is 7.57. The third-order valence-electron chi connectivity index (χ3n) is 4.36. The second kappa shape index (κ2) is 7.95. The van der Waals surface area contributed by atoms with Gasteiger partial charge in [0.15, 0.2) is 10.9 Å². The van der Waals surface area contributed by atoms with Gasteiger partial charge in [0.25, 0.3) is 5.56 Å². The van der Waals surface area contributed by atoms with Crippen LogP contribution in [0.2, 0.25) is 5.02 Å². The van der Waals surface area contributed by atoms with Crippen LogP contribution < -0.4 is 5.56 Å². The van der Waals surface area contributed by atoms with Gasteiger partial charge in [0.1, 0.15) is 11.6 Å². The standard InChI is InChI=1S/C21H13ClN4O2S/c22-13-7-5-12(6-8-13)19-15(9-23)20(28)26-21(25-19)29-11-18(27)16-10-24-17-4-2-1-3-14(16)17/h1-8,10,24H,11H2,(H,25,26,28). The van der Waals surface area contributed by atoms with E-state index in [1.165, 1.54) is 0 Å². The minimum Gasteiger partial charge on any atom is -0.360 e. The number of hydrogen-bond donors (Lipinski definition) is 2. The zero-order valence-corrected chi connectivity index (χ0v) is 16.5. The van der Waals surface area contributed by atoms with Crippen LogP contribution in [0.3, 0.4) is 0 Å². The van der Waals surface area contributed by atoms with E-state index in [1.807, 2.05) is 30.3 Å².